The summed E-state index contributed by atoms with van der Waals surface area (Å²) in [5.41, 5.74) is 1.96. The maximum Gasteiger partial charge on any atom is 0.242 e. The Kier molecular flexibility index (Phi) is 3.96. The zero-order valence-electron chi connectivity index (χ0n) is 8.38. The van der Waals surface area contributed by atoms with Crippen molar-refractivity contribution in [2.45, 2.75) is 25.6 Å². The quantitative estimate of drug-likeness (QED) is 0.766. The van der Waals surface area contributed by atoms with Crippen molar-refractivity contribution in [3.63, 3.8) is 0 Å². The van der Waals surface area contributed by atoms with Gasteiger partial charge in [-0.05, 0) is 25.5 Å². The lowest BCUT2D eigenvalue weighted by Gasteiger charge is -2.08. The van der Waals surface area contributed by atoms with Crippen LogP contribution in [0, 0.1) is 6.92 Å². The number of benzene rings is 1. The third-order valence-electron chi connectivity index (χ3n) is 1.96. The van der Waals surface area contributed by atoms with Crippen molar-refractivity contribution < 1.29 is 4.79 Å². The zero-order valence-corrected chi connectivity index (χ0v) is 9.14. The first-order valence-electron chi connectivity index (χ1n) is 4.65. The van der Waals surface area contributed by atoms with Crippen LogP contribution < -0.4 is 5.32 Å². The molecular weight excluding hydrogens is 198 g/mol. The van der Waals surface area contributed by atoms with Crippen molar-refractivity contribution in [1.82, 2.24) is 0 Å². The van der Waals surface area contributed by atoms with E-state index in [1.54, 1.807) is 0 Å². The molecular formula is C11H14ClNO. The van der Waals surface area contributed by atoms with Crippen LogP contribution in [0.5, 0.6) is 0 Å². The number of aryl methyl sites for hydroxylation is 1. The predicted molar refractivity (Wildman–Crippen MR) is 59.7 cm³/mol. The average Bonchev–Trinajstić information content (AvgIpc) is 2.20. The van der Waals surface area contributed by atoms with Gasteiger partial charge in [0.15, 0.2) is 0 Å². The van der Waals surface area contributed by atoms with E-state index in [2.05, 4.69) is 5.32 Å². The topological polar surface area (TPSA) is 29.1 Å². The highest BCUT2D eigenvalue weighted by molar-refractivity contribution is 6.32. The fourth-order valence-corrected chi connectivity index (χ4v) is 1.10. The highest BCUT2D eigenvalue weighted by atomic mass is 35.5. The van der Waals surface area contributed by atoms with Crippen LogP contribution in [0.15, 0.2) is 24.3 Å². The number of hydrogen-bond donors (Lipinski definition) is 1. The van der Waals surface area contributed by atoms with Crippen LogP contribution in [0.25, 0.3) is 0 Å². The molecule has 1 N–H and O–H groups in total. The highest BCUT2D eigenvalue weighted by Gasteiger charge is 2.12. The van der Waals surface area contributed by atoms with Crippen LogP contribution in [0.4, 0.5) is 5.69 Å². The minimum Gasteiger partial charge on any atom is -0.325 e. The summed E-state index contributed by atoms with van der Waals surface area (Å²) in [5.74, 6) is -0.141. The van der Waals surface area contributed by atoms with E-state index < -0.39 is 5.38 Å². The summed E-state index contributed by atoms with van der Waals surface area (Å²) < 4.78 is 0. The molecule has 1 atom stereocenters. The summed E-state index contributed by atoms with van der Waals surface area (Å²) >= 11 is 5.78. The predicted octanol–water partition coefficient (Wildman–Crippen LogP) is 2.95. The number of anilines is 1. The Balaban J connectivity index is 2.60. The van der Waals surface area contributed by atoms with E-state index in [1.807, 2.05) is 38.1 Å². The van der Waals surface area contributed by atoms with Crippen molar-refractivity contribution in [3.05, 3.63) is 29.8 Å². The van der Waals surface area contributed by atoms with Gasteiger partial charge >= 0.3 is 0 Å². The lowest BCUT2D eigenvalue weighted by Crippen LogP contribution is -2.22. The van der Waals surface area contributed by atoms with Gasteiger partial charge in [0.05, 0.1) is 0 Å². The smallest absolute Gasteiger partial charge is 0.242 e. The van der Waals surface area contributed by atoms with Crippen LogP contribution >= 0.6 is 11.6 Å². The molecule has 0 bridgehead atoms. The normalized spacial score (nSPS) is 12.2. The molecule has 1 aromatic rings. The molecule has 0 unspecified atom stereocenters. The monoisotopic (exact) mass is 211 g/mol. The average molecular weight is 212 g/mol. The molecule has 2 nitrogen and oxygen atoms in total. The highest BCUT2D eigenvalue weighted by Crippen LogP contribution is 2.11. The molecule has 0 aliphatic carbocycles. The van der Waals surface area contributed by atoms with Crippen LogP contribution in [-0.4, -0.2) is 11.3 Å². The second kappa shape index (κ2) is 5.01. The Morgan fingerprint density at radius 2 is 2.00 bits per heavy atom. The molecule has 0 saturated heterocycles. The number of rotatable bonds is 3. The van der Waals surface area contributed by atoms with Crippen molar-refractivity contribution in [1.29, 1.82) is 0 Å². The SMILES string of the molecule is CC[C@H](Cl)C(=O)Nc1ccc(C)cc1. The fraction of sp³-hybridized carbons (Fsp3) is 0.364. The number of hydrogen-bond acceptors (Lipinski definition) is 1. The minimum atomic E-state index is -0.448. The Morgan fingerprint density at radius 1 is 1.43 bits per heavy atom. The van der Waals surface area contributed by atoms with E-state index in [0.29, 0.717) is 6.42 Å². The number of amides is 1. The summed E-state index contributed by atoms with van der Waals surface area (Å²) in [4.78, 5) is 11.4. The number of carbonyl (C=O) groups is 1. The van der Waals surface area contributed by atoms with Crippen molar-refractivity contribution in [2.75, 3.05) is 5.32 Å². The molecule has 1 rings (SSSR count). The summed E-state index contributed by atoms with van der Waals surface area (Å²) in [5, 5.41) is 2.30. The first-order valence-corrected chi connectivity index (χ1v) is 5.08. The molecule has 0 spiro atoms. The zero-order chi connectivity index (χ0) is 10.6. The summed E-state index contributed by atoms with van der Waals surface area (Å²) in [7, 11) is 0. The minimum absolute atomic E-state index is 0.141. The number of alkyl halides is 1. The van der Waals surface area contributed by atoms with Gasteiger partial charge in [-0.3, -0.25) is 4.79 Å². The van der Waals surface area contributed by atoms with E-state index >= 15 is 0 Å². The van der Waals surface area contributed by atoms with E-state index in [4.69, 9.17) is 11.6 Å². The largest absolute Gasteiger partial charge is 0.325 e. The van der Waals surface area contributed by atoms with Gasteiger partial charge in [0.1, 0.15) is 5.38 Å². The van der Waals surface area contributed by atoms with Crippen molar-refractivity contribution >= 4 is 23.2 Å². The molecule has 14 heavy (non-hydrogen) atoms. The molecule has 0 aromatic heterocycles. The van der Waals surface area contributed by atoms with E-state index in [9.17, 15) is 4.79 Å². The molecule has 0 heterocycles. The molecule has 1 amide bonds. The van der Waals surface area contributed by atoms with Crippen LogP contribution in [-0.2, 0) is 4.79 Å². The Bertz CT molecular complexity index is 308. The van der Waals surface area contributed by atoms with Crippen LogP contribution in [0.3, 0.4) is 0 Å². The van der Waals surface area contributed by atoms with Gasteiger partial charge in [0.25, 0.3) is 0 Å². The van der Waals surface area contributed by atoms with Gasteiger partial charge in [-0.25, -0.2) is 0 Å². The fourth-order valence-electron chi connectivity index (χ4n) is 1.04. The first-order chi connectivity index (χ1) is 6.63. The molecule has 0 saturated carbocycles. The molecule has 1 aromatic carbocycles. The standard InChI is InChI=1S/C11H14ClNO/c1-3-10(12)11(14)13-9-6-4-8(2)5-7-9/h4-7,10H,3H2,1-2H3,(H,13,14)/t10-/m0/s1. The Labute approximate surface area is 89.3 Å². The first kappa shape index (κ1) is 11.1. The molecule has 0 radical (unpaired) electrons. The van der Waals surface area contributed by atoms with Gasteiger partial charge in [-0.1, -0.05) is 24.6 Å². The second-order valence-electron chi connectivity index (χ2n) is 3.23. The van der Waals surface area contributed by atoms with Crippen LogP contribution in [0.1, 0.15) is 18.9 Å². The summed E-state index contributed by atoms with van der Waals surface area (Å²) in [6, 6.07) is 7.63. The lowest BCUT2D eigenvalue weighted by molar-refractivity contribution is -0.115. The van der Waals surface area contributed by atoms with Crippen molar-refractivity contribution in [3.8, 4) is 0 Å². The Hall–Kier alpha value is -1.02. The molecule has 0 aliphatic rings. The van der Waals surface area contributed by atoms with Gasteiger partial charge in [-0.2, -0.15) is 0 Å². The van der Waals surface area contributed by atoms with Gasteiger partial charge in [-0.15, -0.1) is 11.6 Å². The van der Waals surface area contributed by atoms with E-state index in [-0.39, 0.29) is 5.91 Å². The number of carbonyl (C=O) groups excluding carboxylic acids is 1. The third-order valence-corrected chi connectivity index (χ3v) is 2.47. The third kappa shape index (κ3) is 3.04. The maximum absolute atomic E-state index is 11.4. The molecule has 0 fully saturated rings. The Morgan fingerprint density at radius 3 is 2.50 bits per heavy atom. The lowest BCUT2D eigenvalue weighted by atomic mass is 10.2. The second-order valence-corrected chi connectivity index (χ2v) is 3.76. The summed E-state index contributed by atoms with van der Waals surface area (Å²) in [6.07, 6.45) is 0.638. The van der Waals surface area contributed by atoms with Gasteiger partial charge in [0, 0.05) is 5.69 Å². The van der Waals surface area contributed by atoms with Gasteiger partial charge < -0.3 is 5.32 Å². The van der Waals surface area contributed by atoms with E-state index in [0.717, 1.165) is 5.69 Å². The maximum atomic E-state index is 11.4. The number of halogens is 1. The van der Waals surface area contributed by atoms with Gasteiger partial charge in [0.2, 0.25) is 5.91 Å². The molecule has 76 valence electrons. The van der Waals surface area contributed by atoms with Crippen LogP contribution in [0.2, 0.25) is 0 Å². The molecule has 0 aliphatic heterocycles. The number of nitrogens with one attached hydrogen (secondary N) is 1. The van der Waals surface area contributed by atoms with E-state index in [1.165, 1.54) is 5.56 Å². The summed E-state index contributed by atoms with van der Waals surface area (Å²) in [6.45, 7) is 3.88. The van der Waals surface area contributed by atoms with Crippen molar-refractivity contribution in [2.24, 2.45) is 0 Å². The molecule has 3 heteroatoms.